The highest BCUT2D eigenvalue weighted by molar-refractivity contribution is 5.05. The van der Waals surface area contributed by atoms with E-state index >= 15 is 0 Å². The molecule has 0 heteroatoms. The van der Waals surface area contributed by atoms with Gasteiger partial charge in [-0.25, -0.2) is 0 Å². The van der Waals surface area contributed by atoms with E-state index in [1.807, 2.05) is 13.8 Å². The largest absolute Gasteiger partial charge is 0.0683 e. The summed E-state index contributed by atoms with van der Waals surface area (Å²) in [5, 5.41) is 0. The van der Waals surface area contributed by atoms with Gasteiger partial charge in [0.25, 0.3) is 0 Å². The predicted octanol–water partition coefficient (Wildman–Crippen LogP) is 4.25. The second-order valence-corrected chi connectivity index (χ2v) is 5.26. The Morgan fingerprint density at radius 2 is 1.62 bits per heavy atom. The maximum absolute atomic E-state index is 2.58. The van der Waals surface area contributed by atoms with Crippen molar-refractivity contribution in [2.75, 3.05) is 0 Å². The fourth-order valence-electron chi connectivity index (χ4n) is 3.71. The van der Waals surface area contributed by atoms with Crippen molar-refractivity contribution < 1.29 is 0 Å². The van der Waals surface area contributed by atoms with Crippen LogP contribution in [-0.2, 0) is 0 Å². The molecular weight excluding hydrogens is 156 g/mol. The normalized spacial score (nSPS) is 47.3. The molecule has 0 spiro atoms. The summed E-state index contributed by atoms with van der Waals surface area (Å²) in [6.45, 7) is 6.58. The van der Waals surface area contributed by atoms with Crippen LogP contribution >= 0.6 is 0 Å². The second-order valence-electron chi connectivity index (χ2n) is 5.26. The zero-order chi connectivity index (χ0) is 9.47. The van der Waals surface area contributed by atoms with Gasteiger partial charge in [0.2, 0.25) is 0 Å². The molecule has 0 N–H and O–H groups in total. The van der Waals surface area contributed by atoms with Gasteiger partial charge < -0.3 is 0 Å². The summed E-state index contributed by atoms with van der Waals surface area (Å²) in [6, 6.07) is 0. The lowest BCUT2D eigenvalue weighted by atomic mass is 9.64. The molecule has 3 saturated carbocycles. The number of hydrogen-bond acceptors (Lipinski definition) is 0. The Morgan fingerprint density at radius 1 is 0.923 bits per heavy atom. The van der Waals surface area contributed by atoms with Gasteiger partial charge in [0.1, 0.15) is 0 Å². The van der Waals surface area contributed by atoms with E-state index in [2.05, 4.69) is 6.92 Å². The third-order valence-electron chi connectivity index (χ3n) is 4.83. The molecule has 3 aliphatic rings. The van der Waals surface area contributed by atoms with Crippen LogP contribution < -0.4 is 0 Å². The van der Waals surface area contributed by atoms with Crippen molar-refractivity contribution >= 4 is 0 Å². The first-order chi connectivity index (χ1) is 6.31. The van der Waals surface area contributed by atoms with E-state index < -0.39 is 0 Å². The standard InChI is InChI=1S/C11H18.C2H6/c1-11(9-3-4-9)7-6-8-2-5-10(8)11;1-2/h8-10H,2-7H2,1H3;1-2H3. The van der Waals surface area contributed by atoms with Gasteiger partial charge in [-0.05, 0) is 61.7 Å². The lowest BCUT2D eigenvalue weighted by molar-refractivity contribution is 0.0803. The summed E-state index contributed by atoms with van der Waals surface area (Å²) >= 11 is 0. The summed E-state index contributed by atoms with van der Waals surface area (Å²) in [6.07, 6.45) is 9.37. The van der Waals surface area contributed by atoms with Crippen LogP contribution in [0.4, 0.5) is 0 Å². The van der Waals surface area contributed by atoms with Crippen molar-refractivity contribution in [3.63, 3.8) is 0 Å². The SMILES string of the molecule is CC.CC1(C2CC2)CCC2CCC21. The quantitative estimate of drug-likeness (QED) is 0.566. The molecule has 76 valence electrons. The molecule has 0 amide bonds. The molecule has 3 unspecified atom stereocenters. The highest BCUT2D eigenvalue weighted by atomic mass is 14.6. The molecule has 0 aliphatic heterocycles. The summed E-state index contributed by atoms with van der Waals surface area (Å²) in [7, 11) is 0. The molecule has 0 saturated heterocycles. The van der Waals surface area contributed by atoms with Gasteiger partial charge in [-0.1, -0.05) is 20.8 Å². The van der Waals surface area contributed by atoms with Gasteiger partial charge in [0, 0.05) is 0 Å². The average molecular weight is 180 g/mol. The minimum Gasteiger partial charge on any atom is -0.0683 e. The Bertz CT molecular complexity index is 180. The molecule has 0 aromatic rings. The molecule has 0 nitrogen and oxygen atoms in total. The first kappa shape index (κ1) is 9.55. The second kappa shape index (κ2) is 3.29. The first-order valence-corrected chi connectivity index (χ1v) is 6.31. The van der Waals surface area contributed by atoms with E-state index in [4.69, 9.17) is 0 Å². The van der Waals surface area contributed by atoms with E-state index in [9.17, 15) is 0 Å². The number of rotatable bonds is 1. The van der Waals surface area contributed by atoms with Gasteiger partial charge in [-0.15, -0.1) is 0 Å². The zero-order valence-electron chi connectivity index (χ0n) is 9.47. The van der Waals surface area contributed by atoms with Crippen molar-refractivity contribution in [2.24, 2.45) is 23.2 Å². The molecule has 0 radical (unpaired) electrons. The summed E-state index contributed by atoms with van der Waals surface area (Å²) in [5.74, 6) is 3.48. The van der Waals surface area contributed by atoms with Gasteiger partial charge in [0.05, 0.1) is 0 Å². The molecule has 3 aliphatic carbocycles. The number of fused-ring (bicyclic) bond motifs is 1. The lowest BCUT2D eigenvalue weighted by Crippen LogP contribution is -2.33. The Hall–Kier alpha value is 0. The van der Waals surface area contributed by atoms with E-state index in [-0.39, 0.29) is 0 Å². The van der Waals surface area contributed by atoms with Crippen molar-refractivity contribution in [1.82, 2.24) is 0 Å². The van der Waals surface area contributed by atoms with E-state index in [1.165, 1.54) is 5.92 Å². The minimum atomic E-state index is 0.822. The first-order valence-electron chi connectivity index (χ1n) is 6.31. The third-order valence-corrected chi connectivity index (χ3v) is 4.83. The molecule has 0 heterocycles. The van der Waals surface area contributed by atoms with Gasteiger partial charge in [0.15, 0.2) is 0 Å². The molecule has 0 bridgehead atoms. The molecule has 13 heavy (non-hydrogen) atoms. The van der Waals surface area contributed by atoms with Crippen molar-refractivity contribution in [3.05, 3.63) is 0 Å². The lowest BCUT2D eigenvalue weighted by Gasteiger charge is -2.41. The molecule has 3 atom stereocenters. The summed E-state index contributed by atoms with van der Waals surface area (Å²) < 4.78 is 0. The van der Waals surface area contributed by atoms with Gasteiger partial charge >= 0.3 is 0 Å². The summed E-state index contributed by atoms with van der Waals surface area (Å²) in [5.41, 5.74) is 0.822. The highest BCUT2D eigenvalue weighted by Gasteiger charge is 2.55. The molecule has 3 fully saturated rings. The van der Waals surface area contributed by atoms with Crippen LogP contribution in [0.5, 0.6) is 0 Å². The van der Waals surface area contributed by atoms with E-state index in [0.717, 1.165) is 17.3 Å². The third kappa shape index (κ3) is 1.33. The molecule has 0 aromatic carbocycles. The van der Waals surface area contributed by atoms with Crippen LogP contribution in [0.3, 0.4) is 0 Å². The Labute approximate surface area is 83.1 Å². The smallest absolute Gasteiger partial charge is 0.0266 e. The minimum absolute atomic E-state index is 0.822. The molecule has 0 aromatic heterocycles. The van der Waals surface area contributed by atoms with Gasteiger partial charge in [-0.2, -0.15) is 0 Å². The fourth-order valence-corrected chi connectivity index (χ4v) is 3.71. The zero-order valence-corrected chi connectivity index (χ0v) is 9.47. The van der Waals surface area contributed by atoms with Crippen molar-refractivity contribution in [3.8, 4) is 0 Å². The monoisotopic (exact) mass is 180 g/mol. The molecular formula is C13H24. The van der Waals surface area contributed by atoms with E-state index in [0.29, 0.717) is 0 Å². The van der Waals surface area contributed by atoms with Crippen LogP contribution in [0.2, 0.25) is 0 Å². The van der Waals surface area contributed by atoms with Crippen LogP contribution in [0.15, 0.2) is 0 Å². The van der Waals surface area contributed by atoms with Gasteiger partial charge in [-0.3, -0.25) is 0 Å². The fraction of sp³-hybridized carbons (Fsp3) is 1.00. The predicted molar refractivity (Wildman–Crippen MR) is 57.6 cm³/mol. The van der Waals surface area contributed by atoms with Crippen molar-refractivity contribution in [2.45, 2.75) is 59.3 Å². The maximum Gasteiger partial charge on any atom is -0.0266 e. The average Bonchev–Trinajstić information content (AvgIpc) is 2.85. The topological polar surface area (TPSA) is 0 Å². The Morgan fingerprint density at radius 3 is 2.00 bits per heavy atom. The van der Waals surface area contributed by atoms with Crippen molar-refractivity contribution in [1.29, 1.82) is 0 Å². The summed E-state index contributed by atoms with van der Waals surface area (Å²) in [4.78, 5) is 0. The van der Waals surface area contributed by atoms with Crippen LogP contribution in [0.25, 0.3) is 0 Å². The van der Waals surface area contributed by atoms with E-state index in [1.54, 1.807) is 38.5 Å². The highest BCUT2D eigenvalue weighted by Crippen LogP contribution is 2.65. The number of hydrogen-bond donors (Lipinski definition) is 0. The van der Waals surface area contributed by atoms with Crippen LogP contribution in [0, 0.1) is 23.2 Å². The van der Waals surface area contributed by atoms with Crippen LogP contribution in [0.1, 0.15) is 59.3 Å². The Kier molecular flexibility index (Phi) is 2.42. The Balaban J connectivity index is 0.000000308. The maximum atomic E-state index is 2.58. The van der Waals surface area contributed by atoms with Crippen LogP contribution in [-0.4, -0.2) is 0 Å². The molecule has 3 rings (SSSR count).